The maximum absolute atomic E-state index is 11.7. The fourth-order valence-electron chi connectivity index (χ4n) is 1.29. The Bertz CT molecular complexity index is 517. The van der Waals surface area contributed by atoms with E-state index in [0.29, 0.717) is 30.1 Å². The first-order chi connectivity index (χ1) is 8.40. The van der Waals surface area contributed by atoms with Gasteiger partial charge in [0.05, 0.1) is 16.8 Å². The van der Waals surface area contributed by atoms with Crippen molar-refractivity contribution in [1.29, 1.82) is 0 Å². The third-order valence-electron chi connectivity index (χ3n) is 2.12. The largest absolute Gasteiger partial charge is 0.352 e. The highest BCUT2D eigenvalue weighted by Gasteiger charge is 2.08. The van der Waals surface area contributed by atoms with Crippen LogP contribution in [0.2, 0.25) is 5.02 Å². The van der Waals surface area contributed by atoms with E-state index in [1.165, 1.54) is 0 Å². The number of nitrogens with one attached hydrogen (secondary N) is 2. The molecule has 0 spiro atoms. The Balaban J connectivity index is 2.33. The molecule has 1 amide bonds. The van der Waals surface area contributed by atoms with Gasteiger partial charge in [0, 0.05) is 13.1 Å². The van der Waals surface area contributed by atoms with Crippen molar-refractivity contribution in [3.63, 3.8) is 0 Å². The Morgan fingerprint density at radius 1 is 1.28 bits per heavy atom. The summed E-state index contributed by atoms with van der Waals surface area (Å²) < 4.78 is 23.9. The van der Waals surface area contributed by atoms with Gasteiger partial charge in [0.1, 0.15) is 0 Å². The predicted octanol–water partition coefficient (Wildman–Crippen LogP) is 1.01. The first-order valence-electron chi connectivity index (χ1n) is 5.37. The average Bonchev–Trinajstić information content (AvgIpc) is 2.27. The molecule has 1 aromatic rings. The molecule has 2 N–H and O–H groups in total. The van der Waals surface area contributed by atoms with E-state index in [9.17, 15) is 13.2 Å². The van der Waals surface area contributed by atoms with E-state index in [-0.39, 0.29) is 5.91 Å². The number of carbonyl (C=O) groups excluding carboxylic acids is 1. The molecule has 1 aromatic carbocycles. The number of amides is 1. The van der Waals surface area contributed by atoms with Crippen molar-refractivity contribution in [1.82, 2.24) is 10.0 Å². The summed E-state index contributed by atoms with van der Waals surface area (Å²) in [5.41, 5.74) is 0.412. The standard InChI is InChI=1S/C11H15ClN2O3S/c1-18(16,17)14-8-4-7-13-11(15)9-5-2-3-6-10(9)12/h2-3,5-6,14H,4,7-8H2,1H3,(H,13,15). The normalized spacial score (nSPS) is 11.2. The van der Waals surface area contributed by atoms with Crippen LogP contribution in [0.15, 0.2) is 24.3 Å². The van der Waals surface area contributed by atoms with E-state index in [1.807, 2.05) is 0 Å². The number of sulfonamides is 1. The second-order valence-corrected chi connectivity index (χ2v) is 6.00. The van der Waals surface area contributed by atoms with Crippen LogP contribution in [0, 0.1) is 0 Å². The number of rotatable bonds is 6. The smallest absolute Gasteiger partial charge is 0.252 e. The molecule has 0 atom stereocenters. The van der Waals surface area contributed by atoms with Crippen LogP contribution in [0.3, 0.4) is 0 Å². The van der Waals surface area contributed by atoms with Gasteiger partial charge in [0.2, 0.25) is 10.0 Å². The van der Waals surface area contributed by atoms with Crippen molar-refractivity contribution >= 4 is 27.5 Å². The minimum atomic E-state index is -3.17. The molecule has 0 fully saturated rings. The zero-order chi connectivity index (χ0) is 13.6. The monoisotopic (exact) mass is 290 g/mol. The lowest BCUT2D eigenvalue weighted by Crippen LogP contribution is -2.29. The summed E-state index contributed by atoms with van der Waals surface area (Å²) in [5, 5.41) is 3.06. The zero-order valence-electron chi connectivity index (χ0n) is 9.94. The summed E-state index contributed by atoms with van der Waals surface area (Å²) >= 11 is 5.87. The van der Waals surface area contributed by atoms with Crippen molar-refractivity contribution in [2.45, 2.75) is 6.42 Å². The molecule has 0 saturated carbocycles. The van der Waals surface area contributed by atoms with Crippen LogP contribution in [-0.4, -0.2) is 33.7 Å². The maximum Gasteiger partial charge on any atom is 0.252 e. The van der Waals surface area contributed by atoms with Crippen LogP contribution in [0.5, 0.6) is 0 Å². The van der Waals surface area contributed by atoms with Crippen molar-refractivity contribution in [3.8, 4) is 0 Å². The summed E-state index contributed by atoms with van der Waals surface area (Å²) in [7, 11) is -3.17. The molecule has 0 aliphatic carbocycles. The minimum absolute atomic E-state index is 0.264. The molecule has 5 nitrogen and oxygen atoms in total. The Hall–Kier alpha value is -1.11. The molecule has 0 saturated heterocycles. The summed E-state index contributed by atoms with van der Waals surface area (Å²) in [4.78, 5) is 11.7. The summed E-state index contributed by atoms with van der Waals surface area (Å²) in [6, 6.07) is 6.75. The highest BCUT2D eigenvalue weighted by atomic mass is 35.5. The van der Waals surface area contributed by atoms with Gasteiger partial charge in [-0.2, -0.15) is 0 Å². The molecule has 0 unspecified atom stereocenters. The highest BCUT2D eigenvalue weighted by Crippen LogP contribution is 2.14. The Labute approximate surface area is 112 Å². The summed E-state index contributed by atoms with van der Waals surface area (Å²) in [6.45, 7) is 0.675. The molecular formula is C11H15ClN2O3S. The first kappa shape index (κ1) is 14.9. The van der Waals surface area contributed by atoms with Crippen LogP contribution >= 0.6 is 11.6 Å². The first-order valence-corrected chi connectivity index (χ1v) is 7.64. The van der Waals surface area contributed by atoms with E-state index >= 15 is 0 Å². The van der Waals surface area contributed by atoms with Gasteiger partial charge in [0.15, 0.2) is 0 Å². The summed E-state index contributed by atoms with van der Waals surface area (Å²) in [5.74, 6) is -0.264. The van der Waals surface area contributed by atoms with Gasteiger partial charge in [-0.3, -0.25) is 4.79 Å². The van der Waals surface area contributed by atoms with E-state index in [2.05, 4.69) is 10.0 Å². The maximum atomic E-state index is 11.7. The van der Waals surface area contributed by atoms with E-state index in [0.717, 1.165) is 6.26 Å². The van der Waals surface area contributed by atoms with Gasteiger partial charge in [0.25, 0.3) is 5.91 Å². The number of hydrogen-bond donors (Lipinski definition) is 2. The topological polar surface area (TPSA) is 75.3 Å². The van der Waals surface area contributed by atoms with Crippen LogP contribution < -0.4 is 10.0 Å². The molecule has 100 valence electrons. The van der Waals surface area contributed by atoms with Crippen LogP contribution in [-0.2, 0) is 10.0 Å². The van der Waals surface area contributed by atoms with E-state index in [4.69, 9.17) is 11.6 Å². The SMILES string of the molecule is CS(=O)(=O)NCCCNC(=O)c1ccccc1Cl. The van der Waals surface area contributed by atoms with Crippen molar-refractivity contribution in [2.24, 2.45) is 0 Å². The molecule has 7 heteroatoms. The Kier molecular flexibility index (Phi) is 5.58. The number of halogens is 1. The number of benzene rings is 1. The van der Waals surface area contributed by atoms with Gasteiger partial charge in [-0.1, -0.05) is 23.7 Å². The molecule has 0 radical (unpaired) electrons. The van der Waals surface area contributed by atoms with Crippen molar-refractivity contribution < 1.29 is 13.2 Å². The number of hydrogen-bond acceptors (Lipinski definition) is 3. The second-order valence-electron chi connectivity index (χ2n) is 3.76. The van der Waals surface area contributed by atoms with Crippen molar-refractivity contribution in [3.05, 3.63) is 34.9 Å². The van der Waals surface area contributed by atoms with Crippen LogP contribution in [0.4, 0.5) is 0 Å². The molecule has 0 heterocycles. The van der Waals surface area contributed by atoms with E-state index in [1.54, 1.807) is 24.3 Å². The predicted molar refractivity (Wildman–Crippen MR) is 71.2 cm³/mol. The lowest BCUT2D eigenvalue weighted by Gasteiger charge is -2.06. The van der Waals surface area contributed by atoms with Gasteiger partial charge in [-0.15, -0.1) is 0 Å². The quantitative estimate of drug-likeness (QED) is 0.768. The van der Waals surface area contributed by atoms with Gasteiger partial charge < -0.3 is 5.32 Å². The second kappa shape index (κ2) is 6.72. The van der Waals surface area contributed by atoms with E-state index < -0.39 is 10.0 Å². The number of carbonyl (C=O) groups is 1. The van der Waals surface area contributed by atoms with Crippen molar-refractivity contribution in [2.75, 3.05) is 19.3 Å². The minimum Gasteiger partial charge on any atom is -0.352 e. The highest BCUT2D eigenvalue weighted by molar-refractivity contribution is 7.88. The lowest BCUT2D eigenvalue weighted by atomic mass is 10.2. The van der Waals surface area contributed by atoms with Crippen LogP contribution in [0.1, 0.15) is 16.8 Å². The fourth-order valence-corrected chi connectivity index (χ4v) is 2.03. The molecule has 0 bridgehead atoms. The Morgan fingerprint density at radius 2 is 1.94 bits per heavy atom. The molecule has 18 heavy (non-hydrogen) atoms. The summed E-state index contributed by atoms with van der Waals surface area (Å²) in [6.07, 6.45) is 1.61. The van der Waals surface area contributed by atoms with Gasteiger partial charge in [-0.05, 0) is 18.6 Å². The molecule has 0 aromatic heterocycles. The third kappa shape index (κ3) is 5.48. The van der Waals surface area contributed by atoms with Crippen LogP contribution in [0.25, 0.3) is 0 Å². The third-order valence-corrected chi connectivity index (χ3v) is 3.18. The average molecular weight is 291 g/mol. The lowest BCUT2D eigenvalue weighted by molar-refractivity contribution is 0.0953. The fraction of sp³-hybridized carbons (Fsp3) is 0.364. The molecular weight excluding hydrogens is 276 g/mol. The molecule has 1 rings (SSSR count). The zero-order valence-corrected chi connectivity index (χ0v) is 11.5. The van der Waals surface area contributed by atoms with Gasteiger partial charge in [-0.25, -0.2) is 13.1 Å². The Morgan fingerprint density at radius 3 is 2.56 bits per heavy atom. The van der Waals surface area contributed by atoms with Gasteiger partial charge >= 0.3 is 0 Å². The molecule has 0 aliphatic heterocycles. The molecule has 0 aliphatic rings.